The maximum absolute atomic E-state index is 11.4. The SMILES string of the molecule is O=C(CNC(=O)Nc1ccccc1)NC(CO)C(=O)O. The van der Waals surface area contributed by atoms with Crippen LogP contribution in [0.1, 0.15) is 0 Å². The number of carbonyl (C=O) groups is 3. The van der Waals surface area contributed by atoms with Crippen molar-refractivity contribution in [1.82, 2.24) is 10.6 Å². The fourth-order valence-corrected chi connectivity index (χ4v) is 1.29. The van der Waals surface area contributed by atoms with Crippen LogP contribution in [0.4, 0.5) is 10.5 Å². The summed E-state index contributed by atoms with van der Waals surface area (Å²) in [7, 11) is 0. The van der Waals surface area contributed by atoms with Crippen LogP contribution in [0, 0.1) is 0 Å². The summed E-state index contributed by atoms with van der Waals surface area (Å²) in [6.45, 7) is -1.13. The Labute approximate surface area is 114 Å². The number of anilines is 1. The molecule has 5 N–H and O–H groups in total. The third-order valence-electron chi connectivity index (χ3n) is 2.26. The van der Waals surface area contributed by atoms with Crippen molar-refractivity contribution < 1.29 is 24.6 Å². The maximum Gasteiger partial charge on any atom is 0.328 e. The molecule has 1 unspecified atom stereocenters. The quantitative estimate of drug-likeness (QED) is 0.474. The number of urea groups is 1. The summed E-state index contributed by atoms with van der Waals surface area (Å²) < 4.78 is 0. The Balaban J connectivity index is 2.34. The lowest BCUT2D eigenvalue weighted by atomic mass is 10.3. The second-order valence-corrected chi connectivity index (χ2v) is 3.81. The number of carboxylic acid groups (broad SMARTS) is 1. The Bertz CT molecular complexity index is 477. The van der Waals surface area contributed by atoms with Gasteiger partial charge in [0.2, 0.25) is 5.91 Å². The highest BCUT2D eigenvalue weighted by atomic mass is 16.4. The molecule has 1 rings (SSSR count). The van der Waals surface area contributed by atoms with E-state index in [1.165, 1.54) is 0 Å². The van der Waals surface area contributed by atoms with E-state index >= 15 is 0 Å². The van der Waals surface area contributed by atoms with Gasteiger partial charge in [0.05, 0.1) is 13.2 Å². The van der Waals surface area contributed by atoms with Crippen LogP contribution in [0.5, 0.6) is 0 Å². The maximum atomic E-state index is 11.4. The zero-order valence-corrected chi connectivity index (χ0v) is 10.5. The van der Waals surface area contributed by atoms with Crippen LogP contribution in [-0.2, 0) is 9.59 Å². The number of para-hydroxylation sites is 1. The molecule has 0 aliphatic carbocycles. The van der Waals surface area contributed by atoms with E-state index in [-0.39, 0.29) is 0 Å². The van der Waals surface area contributed by atoms with Gasteiger partial charge in [-0.3, -0.25) is 4.79 Å². The Morgan fingerprint density at radius 1 is 1.15 bits per heavy atom. The predicted molar refractivity (Wildman–Crippen MR) is 70.1 cm³/mol. The van der Waals surface area contributed by atoms with E-state index in [4.69, 9.17) is 10.2 Å². The topological polar surface area (TPSA) is 128 Å². The van der Waals surface area contributed by atoms with Gasteiger partial charge < -0.3 is 26.2 Å². The van der Waals surface area contributed by atoms with Gasteiger partial charge in [-0.25, -0.2) is 9.59 Å². The third kappa shape index (κ3) is 5.36. The Morgan fingerprint density at radius 3 is 2.35 bits per heavy atom. The fourth-order valence-electron chi connectivity index (χ4n) is 1.29. The molecule has 0 heterocycles. The molecule has 0 bridgehead atoms. The molecule has 0 radical (unpaired) electrons. The van der Waals surface area contributed by atoms with E-state index in [1.54, 1.807) is 30.3 Å². The lowest BCUT2D eigenvalue weighted by Gasteiger charge is -2.12. The second kappa shape index (κ2) is 7.74. The highest BCUT2D eigenvalue weighted by Gasteiger charge is 2.18. The van der Waals surface area contributed by atoms with Crippen molar-refractivity contribution in [2.75, 3.05) is 18.5 Å². The summed E-state index contributed by atoms with van der Waals surface area (Å²) >= 11 is 0. The van der Waals surface area contributed by atoms with E-state index in [9.17, 15) is 14.4 Å². The van der Waals surface area contributed by atoms with Gasteiger partial charge in [-0.15, -0.1) is 0 Å². The molecule has 0 fully saturated rings. The number of carbonyl (C=O) groups excluding carboxylic acids is 2. The molecule has 1 atom stereocenters. The van der Waals surface area contributed by atoms with Gasteiger partial charge in [0.1, 0.15) is 6.04 Å². The van der Waals surface area contributed by atoms with Crippen molar-refractivity contribution in [3.63, 3.8) is 0 Å². The Kier molecular flexibility index (Phi) is 5.98. The van der Waals surface area contributed by atoms with Gasteiger partial charge in [0.25, 0.3) is 0 Å². The van der Waals surface area contributed by atoms with Crippen LogP contribution < -0.4 is 16.0 Å². The van der Waals surface area contributed by atoms with Crippen molar-refractivity contribution in [3.05, 3.63) is 30.3 Å². The van der Waals surface area contributed by atoms with E-state index in [0.717, 1.165) is 0 Å². The summed E-state index contributed by atoms with van der Waals surface area (Å²) in [4.78, 5) is 33.4. The number of nitrogens with one attached hydrogen (secondary N) is 3. The number of aliphatic hydroxyl groups excluding tert-OH is 1. The average Bonchev–Trinajstić information content (AvgIpc) is 2.43. The molecule has 3 amide bonds. The zero-order valence-electron chi connectivity index (χ0n) is 10.5. The normalized spacial score (nSPS) is 11.2. The zero-order chi connectivity index (χ0) is 15.0. The molecule has 108 valence electrons. The van der Waals surface area contributed by atoms with Gasteiger partial charge in [-0.2, -0.15) is 0 Å². The molecule has 0 spiro atoms. The van der Waals surface area contributed by atoms with Crippen LogP contribution >= 0.6 is 0 Å². The second-order valence-electron chi connectivity index (χ2n) is 3.81. The van der Waals surface area contributed by atoms with Crippen LogP contribution in [0.25, 0.3) is 0 Å². The van der Waals surface area contributed by atoms with Gasteiger partial charge in [-0.1, -0.05) is 18.2 Å². The molecular weight excluding hydrogens is 266 g/mol. The standard InChI is InChI=1S/C12H15N3O5/c16-7-9(11(18)19)15-10(17)6-13-12(20)14-8-4-2-1-3-5-8/h1-5,9,16H,6-7H2,(H,15,17)(H,18,19)(H2,13,14,20). The van der Waals surface area contributed by atoms with E-state index in [2.05, 4.69) is 16.0 Å². The Morgan fingerprint density at radius 2 is 1.80 bits per heavy atom. The number of amides is 3. The average molecular weight is 281 g/mol. The van der Waals surface area contributed by atoms with Crippen LogP contribution in [0.3, 0.4) is 0 Å². The Hall–Kier alpha value is -2.61. The van der Waals surface area contributed by atoms with Crippen molar-refractivity contribution in [2.24, 2.45) is 0 Å². The van der Waals surface area contributed by atoms with Crippen LogP contribution in [0.2, 0.25) is 0 Å². The number of rotatable bonds is 6. The van der Waals surface area contributed by atoms with Gasteiger partial charge in [0, 0.05) is 5.69 Å². The molecule has 0 aliphatic rings. The number of aliphatic hydroxyl groups is 1. The lowest BCUT2D eigenvalue weighted by molar-refractivity contribution is -0.142. The van der Waals surface area contributed by atoms with Crippen LogP contribution in [0.15, 0.2) is 30.3 Å². The van der Waals surface area contributed by atoms with E-state index in [1.807, 2.05) is 0 Å². The third-order valence-corrected chi connectivity index (χ3v) is 2.26. The van der Waals surface area contributed by atoms with Gasteiger partial charge >= 0.3 is 12.0 Å². The summed E-state index contributed by atoms with van der Waals surface area (Å²) in [6.07, 6.45) is 0. The van der Waals surface area contributed by atoms with Crippen molar-refractivity contribution >= 4 is 23.6 Å². The molecule has 0 aliphatic heterocycles. The molecular formula is C12H15N3O5. The highest BCUT2D eigenvalue weighted by molar-refractivity contribution is 5.93. The molecule has 0 aromatic heterocycles. The summed E-state index contributed by atoms with van der Waals surface area (Å²) in [6, 6.07) is 6.63. The minimum atomic E-state index is -1.39. The number of benzene rings is 1. The number of carboxylic acids is 1. The van der Waals surface area contributed by atoms with Gasteiger partial charge in [0.15, 0.2) is 0 Å². The van der Waals surface area contributed by atoms with Gasteiger partial charge in [-0.05, 0) is 12.1 Å². The first-order valence-electron chi connectivity index (χ1n) is 5.76. The number of hydrogen-bond donors (Lipinski definition) is 5. The molecule has 1 aromatic carbocycles. The minimum Gasteiger partial charge on any atom is -0.480 e. The lowest BCUT2D eigenvalue weighted by Crippen LogP contribution is -2.47. The first kappa shape index (κ1) is 15.4. The molecule has 8 nitrogen and oxygen atoms in total. The molecule has 8 heteroatoms. The van der Waals surface area contributed by atoms with Crippen LogP contribution in [-0.4, -0.2) is 47.3 Å². The number of hydrogen-bond acceptors (Lipinski definition) is 4. The molecule has 0 saturated carbocycles. The molecule has 20 heavy (non-hydrogen) atoms. The summed E-state index contributed by atoms with van der Waals surface area (Å²) in [5.41, 5.74) is 0.559. The van der Waals surface area contributed by atoms with Crippen molar-refractivity contribution in [2.45, 2.75) is 6.04 Å². The largest absolute Gasteiger partial charge is 0.480 e. The highest BCUT2D eigenvalue weighted by Crippen LogP contribution is 2.03. The number of aliphatic carboxylic acids is 1. The van der Waals surface area contributed by atoms with Crippen molar-refractivity contribution in [1.29, 1.82) is 0 Å². The minimum absolute atomic E-state index is 0.400. The van der Waals surface area contributed by atoms with Crippen molar-refractivity contribution in [3.8, 4) is 0 Å². The molecule has 0 saturated heterocycles. The van der Waals surface area contributed by atoms with E-state index in [0.29, 0.717) is 5.69 Å². The first-order valence-corrected chi connectivity index (χ1v) is 5.76. The predicted octanol–water partition coefficient (Wildman–Crippen LogP) is -0.630. The smallest absolute Gasteiger partial charge is 0.328 e. The first-order chi connectivity index (χ1) is 9.52. The summed E-state index contributed by atoms with van der Waals surface area (Å²) in [5, 5.41) is 24.2. The summed E-state index contributed by atoms with van der Waals surface area (Å²) in [5.74, 6) is -2.07. The fraction of sp³-hybridized carbons (Fsp3) is 0.250. The monoisotopic (exact) mass is 281 g/mol. The van der Waals surface area contributed by atoms with E-state index < -0.39 is 37.1 Å². The molecule has 1 aromatic rings.